The van der Waals surface area contributed by atoms with Crippen LogP contribution < -0.4 is 10.7 Å². The lowest BCUT2D eigenvalue weighted by atomic mass is 10.1. The van der Waals surface area contributed by atoms with Crippen molar-refractivity contribution < 1.29 is 18.3 Å². The number of hydrogen-bond donors (Lipinski definition) is 2. The second-order valence-electron chi connectivity index (χ2n) is 5.81. The molecule has 0 fully saturated rings. The first-order chi connectivity index (χ1) is 12.2. The van der Waals surface area contributed by atoms with Crippen molar-refractivity contribution in [1.29, 1.82) is 0 Å². The van der Waals surface area contributed by atoms with Crippen LogP contribution in [-0.4, -0.2) is 30.8 Å². The molecule has 1 aliphatic heterocycles. The zero-order chi connectivity index (χ0) is 19.1. The standard InChI is InChI=1S/C18H16N2O5S/c1-11-6-5-8-13(14(21)10-11)19-18(23)16-17(22)12-7-3-4-9-15(12)26(24,25)20(16)2/h3-10,22H,1-2H3,(H,19,21,23). The molecule has 1 heterocycles. The van der Waals surface area contributed by atoms with Gasteiger partial charge in [0, 0.05) is 12.6 Å². The largest absolute Gasteiger partial charge is 0.505 e. The molecule has 0 saturated carbocycles. The van der Waals surface area contributed by atoms with Crippen LogP contribution >= 0.6 is 0 Å². The molecule has 0 aromatic heterocycles. The quantitative estimate of drug-likeness (QED) is 0.837. The second kappa shape index (κ2) is 6.30. The molecule has 0 saturated heterocycles. The third-order valence-electron chi connectivity index (χ3n) is 4.03. The number of hydrogen-bond acceptors (Lipinski definition) is 5. The number of fused-ring (bicyclic) bond motifs is 1. The summed E-state index contributed by atoms with van der Waals surface area (Å²) in [6, 6.07) is 11.9. The summed E-state index contributed by atoms with van der Waals surface area (Å²) in [5.74, 6) is -1.37. The van der Waals surface area contributed by atoms with E-state index in [0.29, 0.717) is 9.87 Å². The van der Waals surface area contributed by atoms with E-state index in [9.17, 15) is 23.1 Å². The minimum atomic E-state index is -3.99. The van der Waals surface area contributed by atoms with Gasteiger partial charge in [-0.3, -0.25) is 13.9 Å². The van der Waals surface area contributed by atoms with E-state index in [4.69, 9.17) is 0 Å². The smallest absolute Gasteiger partial charge is 0.276 e. The van der Waals surface area contributed by atoms with Crippen LogP contribution in [0.5, 0.6) is 0 Å². The fraction of sp³-hybridized carbons (Fsp3) is 0.111. The number of likely N-dealkylation sites (N-methyl/N-ethyl adjacent to an activating group) is 1. The Labute approximate surface area is 150 Å². The van der Waals surface area contributed by atoms with E-state index in [-0.39, 0.29) is 16.1 Å². The van der Waals surface area contributed by atoms with E-state index in [2.05, 4.69) is 5.32 Å². The Bertz CT molecular complexity index is 1110. The van der Waals surface area contributed by atoms with Gasteiger partial charge in [0.05, 0.1) is 10.6 Å². The van der Waals surface area contributed by atoms with E-state index >= 15 is 0 Å². The summed E-state index contributed by atoms with van der Waals surface area (Å²) in [7, 11) is -2.82. The average molecular weight is 372 g/mol. The molecule has 1 amide bonds. The molecule has 2 N–H and O–H groups in total. The van der Waals surface area contributed by atoms with Gasteiger partial charge in [0.2, 0.25) is 5.43 Å². The minimum Gasteiger partial charge on any atom is -0.505 e. The predicted molar refractivity (Wildman–Crippen MR) is 97.0 cm³/mol. The number of aliphatic hydroxyl groups excluding tert-OH is 1. The first-order valence-electron chi connectivity index (χ1n) is 7.67. The SMILES string of the molecule is Cc1cccc(NC(=O)C2=C(O)c3ccccc3S(=O)(=O)N2C)c(=O)c1. The Morgan fingerprint density at radius 3 is 2.54 bits per heavy atom. The average Bonchev–Trinajstić information content (AvgIpc) is 2.74. The molecule has 134 valence electrons. The van der Waals surface area contributed by atoms with Gasteiger partial charge in [0.15, 0.2) is 11.5 Å². The molecule has 0 aliphatic carbocycles. The summed E-state index contributed by atoms with van der Waals surface area (Å²) in [5.41, 5.74) is -0.154. The van der Waals surface area contributed by atoms with Crippen molar-refractivity contribution >= 4 is 27.4 Å². The lowest BCUT2D eigenvalue weighted by Gasteiger charge is -2.28. The molecule has 0 unspecified atom stereocenters. The Morgan fingerprint density at radius 2 is 1.81 bits per heavy atom. The number of aliphatic hydroxyl groups is 1. The van der Waals surface area contributed by atoms with Crippen molar-refractivity contribution in [1.82, 2.24) is 4.31 Å². The number of carbonyl (C=O) groups excluding carboxylic acids is 1. The lowest BCUT2D eigenvalue weighted by molar-refractivity contribution is -0.113. The van der Waals surface area contributed by atoms with Crippen LogP contribution in [0.25, 0.3) is 5.76 Å². The van der Waals surface area contributed by atoms with E-state index in [1.54, 1.807) is 25.1 Å². The zero-order valence-electron chi connectivity index (χ0n) is 14.1. The third-order valence-corrected chi connectivity index (χ3v) is 5.84. The van der Waals surface area contributed by atoms with Gasteiger partial charge in [-0.15, -0.1) is 0 Å². The second-order valence-corrected chi connectivity index (χ2v) is 7.75. The van der Waals surface area contributed by atoms with Crippen molar-refractivity contribution in [3.05, 3.63) is 75.6 Å². The van der Waals surface area contributed by atoms with Crippen molar-refractivity contribution in [2.45, 2.75) is 11.8 Å². The molecular weight excluding hydrogens is 356 g/mol. The fourth-order valence-corrected chi connectivity index (χ4v) is 4.08. The molecular formula is C18H16N2O5S. The molecule has 3 rings (SSSR count). The maximum atomic E-state index is 12.7. The highest BCUT2D eigenvalue weighted by Crippen LogP contribution is 2.34. The van der Waals surface area contributed by atoms with Crippen molar-refractivity contribution in [2.75, 3.05) is 12.4 Å². The summed E-state index contributed by atoms with van der Waals surface area (Å²) in [6.07, 6.45) is 0. The highest BCUT2D eigenvalue weighted by molar-refractivity contribution is 7.89. The molecule has 7 nitrogen and oxygen atoms in total. The van der Waals surface area contributed by atoms with Crippen molar-refractivity contribution in [3.8, 4) is 0 Å². The van der Waals surface area contributed by atoms with Gasteiger partial charge in [-0.2, -0.15) is 0 Å². The van der Waals surface area contributed by atoms with Gasteiger partial charge >= 0.3 is 0 Å². The van der Waals surface area contributed by atoms with Crippen molar-refractivity contribution in [3.63, 3.8) is 0 Å². The summed E-state index contributed by atoms with van der Waals surface area (Å²) in [6.45, 7) is 1.74. The molecule has 0 bridgehead atoms. The number of carbonyl (C=O) groups is 1. The summed E-state index contributed by atoms with van der Waals surface area (Å²) in [5, 5.41) is 12.9. The number of amides is 1. The zero-order valence-corrected chi connectivity index (χ0v) is 14.9. The third kappa shape index (κ3) is 2.84. The fourth-order valence-electron chi connectivity index (χ4n) is 2.68. The summed E-state index contributed by atoms with van der Waals surface area (Å²) >= 11 is 0. The van der Waals surface area contributed by atoms with Gasteiger partial charge in [0.25, 0.3) is 15.9 Å². The first-order valence-corrected chi connectivity index (χ1v) is 9.11. The number of benzene rings is 1. The Balaban J connectivity index is 2.11. The van der Waals surface area contributed by atoms with Crippen LogP contribution in [0.3, 0.4) is 0 Å². The van der Waals surface area contributed by atoms with Crippen LogP contribution in [0.1, 0.15) is 11.1 Å². The minimum absolute atomic E-state index is 0.0203. The monoisotopic (exact) mass is 372 g/mol. The topological polar surface area (TPSA) is 104 Å². The highest BCUT2D eigenvalue weighted by Gasteiger charge is 2.37. The number of nitrogens with one attached hydrogen (secondary N) is 1. The van der Waals surface area contributed by atoms with Crippen LogP contribution in [-0.2, 0) is 14.8 Å². The number of aryl methyl sites for hydroxylation is 1. The van der Waals surface area contributed by atoms with Gasteiger partial charge in [-0.1, -0.05) is 24.3 Å². The van der Waals surface area contributed by atoms with E-state index in [1.165, 1.54) is 37.4 Å². The number of anilines is 1. The molecule has 2 aromatic rings. The van der Waals surface area contributed by atoms with E-state index in [0.717, 1.165) is 0 Å². The van der Waals surface area contributed by atoms with Gasteiger partial charge in [-0.25, -0.2) is 8.42 Å². The van der Waals surface area contributed by atoms with Crippen LogP contribution in [0, 0.1) is 6.92 Å². The summed E-state index contributed by atoms with van der Waals surface area (Å²) in [4.78, 5) is 24.7. The molecule has 1 aliphatic rings. The van der Waals surface area contributed by atoms with Gasteiger partial charge in [-0.05, 0) is 36.8 Å². The molecule has 0 spiro atoms. The van der Waals surface area contributed by atoms with Crippen molar-refractivity contribution in [2.24, 2.45) is 0 Å². The van der Waals surface area contributed by atoms with Crippen LogP contribution in [0.15, 0.2) is 63.9 Å². The first kappa shape index (κ1) is 17.7. The predicted octanol–water partition coefficient (Wildman–Crippen LogP) is 1.85. The molecule has 26 heavy (non-hydrogen) atoms. The van der Waals surface area contributed by atoms with Crippen LogP contribution in [0.2, 0.25) is 0 Å². The maximum absolute atomic E-state index is 12.7. The lowest BCUT2D eigenvalue weighted by Crippen LogP contribution is -2.37. The molecule has 0 atom stereocenters. The molecule has 2 aromatic carbocycles. The normalized spacial score (nSPS) is 15.4. The van der Waals surface area contributed by atoms with Gasteiger partial charge < -0.3 is 10.4 Å². The Hall–Kier alpha value is -3.13. The van der Waals surface area contributed by atoms with Crippen LogP contribution in [0.4, 0.5) is 5.69 Å². The molecule has 0 radical (unpaired) electrons. The Kier molecular flexibility index (Phi) is 4.29. The number of nitrogens with zero attached hydrogens (tertiary/aromatic N) is 1. The maximum Gasteiger partial charge on any atom is 0.276 e. The summed E-state index contributed by atoms with van der Waals surface area (Å²) < 4.78 is 25.9. The molecule has 8 heteroatoms. The Morgan fingerprint density at radius 1 is 1.12 bits per heavy atom. The van der Waals surface area contributed by atoms with E-state index in [1.807, 2.05) is 0 Å². The number of rotatable bonds is 2. The van der Waals surface area contributed by atoms with Gasteiger partial charge in [0.1, 0.15) is 0 Å². The van der Waals surface area contributed by atoms with E-state index < -0.39 is 32.8 Å². The number of sulfonamides is 1. The highest BCUT2D eigenvalue weighted by atomic mass is 32.2.